The smallest absolute Gasteiger partial charge is 0.283 e. The summed E-state index contributed by atoms with van der Waals surface area (Å²) in [6.07, 6.45) is 3.49. The first-order valence-electron chi connectivity index (χ1n) is 9.53. The van der Waals surface area contributed by atoms with Gasteiger partial charge in [0, 0.05) is 61.1 Å². The standard InChI is InChI=1S/C21H20ClN5O2S/c22-17-3-5-18(6-4-17)30-20-7-2-16(14-19(20)27(28)29)15-25-10-12-26(13-11-25)21-23-8-1-9-24-21/h1-9,14H,10-13,15H2. The maximum absolute atomic E-state index is 11.6. The molecule has 30 heavy (non-hydrogen) atoms. The molecule has 2 heterocycles. The van der Waals surface area contributed by atoms with E-state index in [0.717, 1.165) is 42.6 Å². The van der Waals surface area contributed by atoms with Gasteiger partial charge in [-0.15, -0.1) is 0 Å². The summed E-state index contributed by atoms with van der Waals surface area (Å²) < 4.78 is 0. The van der Waals surface area contributed by atoms with Crippen LogP contribution in [0.1, 0.15) is 5.56 Å². The lowest BCUT2D eigenvalue weighted by atomic mass is 10.1. The number of nitro groups is 1. The molecule has 3 aromatic rings. The highest BCUT2D eigenvalue weighted by molar-refractivity contribution is 7.99. The van der Waals surface area contributed by atoms with Crippen LogP contribution >= 0.6 is 23.4 Å². The molecule has 0 bridgehead atoms. The molecule has 0 radical (unpaired) electrons. The third-order valence-electron chi connectivity index (χ3n) is 4.87. The molecule has 0 spiro atoms. The largest absolute Gasteiger partial charge is 0.338 e. The Labute approximate surface area is 183 Å². The molecular formula is C21H20ClN5O2S. The molecular weight excluding hydrogens is 422 g/mol. The number of halogens is 1. The maximum atomic E-state index is 11.6. The van der Waals surface area contributed by atoms with E-state index in [2.05, 4.69) is 19.8 Å². The van der Waals surface area contributed by atoms with Crippen LogP contribution in [0.5, 0.6) is 0 Å². The van der Waals surface area contributed by atoms with E-state index in [1.807, 2.05) is 30.3 Å². The molecule has 0 N–H and O–H groups in total. The van der Waals surface area contributed by atoms with Gasteiger partial charge in [0.25, 0.3) is 5.69 Å². The molecule has 0 amide bonds. The summed E-state index contributed by atoms with van der Waals surface area (Å²) in [6, 6.07) is 14.6. The Morgan fingerprint density at radius 3 is 2.40 bits per heavy atom. The summed E-state index contributed by atoms with van der Waals surface area (Å²) in [5.74, 6) is 0.747. The van der Waals surface area contributed by atoms with Crippen molar-refractivity contribution >= 4 is 35.0 Å². The van der Waals surface area contributed by atoms with Gasteiger partial charge < -0.3 is 4.90 Å². The molecule has 4 rings (SSSR count). The normalized spacial score (nSPS) is 14.6. The molecule has 7 nitrogen and oxygen atoms in total. The Morgan fingerprint density at radius 1 is 1.03 bits per heavy atom. The van der Waals surface area contributed by atoms with Gasteiger partial charge in [0.15, 0.2) is 0 Å². The first-order valence-corrected chi connectivity index (χ1v) is 10.7. The number of nitro benzene ring substituents is 1. The van der Waals surface area contributed by atoms with Crippen LogP contribution in [0.15, 0.2) is 70.7 Å². The summed E-state index contributed by atoms with van der Waals surface area (Å²) >= 11 is 7.29. The number of rotatable bonds is 6. The van der Waals surface area contributed by atoms with Gasteiger partial charge >= 0.3 is 0 Å². The number of piperazine rings is 1. The van der Waals surface area contributed by atoms with Crippen molar-refractivity contribution in [2.45, 2.75) is 16.3 Å². The molecule has 0 saturated carbocycles. The van der Waals surface area contributed by atoms with Crippen LogP contribution in [-0.2, 0) is 6.54 Å². The average Bonchev–Trinajstić information content (AvgIpc) is 2.77. The average molecular weight is 442 g/mol. The van der Waals surface area contributed by atoms with Gasteiger partial charge in [0.1, 0.15) is 0 Å². The number of hydrogen-bond donors (Lipinski definition) is 0. The Balaban J connectivity index is 1.42. The second kappa shape index (κ2) is 9.42. The maximum Gasteiger partial charge on any atom is 0.283 e. The van der Waals surface area contributed by atoms with Crippen molar-refractivity contribution in [3.05, 3.63) is 81.6 Å². The quantitative estimate of drug-likeness (QED) is 0.411. The number of hydrogen-bond acceptors (Lipinski definition) is 7. The Hall–Kier alpha value is -2.68. The number of aromatic nitrogens is 2. The first kappa shape index (κ1) is 20.6. The van der Waals surface area contributed by atoms with E-state index >= 15 is 0 Å². The highest BCUT2D eigenvalue weighted by atomic mass is 35.5. The van der Waals surface area contributed by atoms with E-state index in [9.17, 15) is 10.1 Å². The van der Waals surface area contributed by atoms with Crippen LogP contribution in [-0.4, -0.2) is 46.0 Å². The predicted molar refractivity (Wildman–Crippen MR) is 118 cm³/mol. The van der Waals surface area contributed by atoms with Crippen molar-refractivity contribution in [2.75, 3.05) is 31.1 Å². The highest BCUT2D eigenvalue weighted by Gasteiger charge is 2.21. The zero-order valence-corrected chi connectivity index (χ0v) is 17.7. The van der Waals surface area contributed by atoms with E-state index in [1.54, 1.807) is 30.6 Å². The van der Waals surface area contributed by atoms with E-state index in [1.165, 1.54) is 11.8 Å². The Kier molecular flexibility index (Phi) is 6.47. The van der Waals surface area contributed by atoms with Crippen molar-refractivity contribution in [1.82, 2.24) is 14.9 Å². The molecule has 154 valence electrons. The molecule has 0 aliphatic carbocycles. The Morgan fingerprint density at radius 2 is 1.73 bits per heavy atom. The number of anilines is 1. The molecule has 0 unspecified atom stereocenters. The topological polar surface area (TPSA) is 75.4 Å². The van der Waals surface area contributed by atoms with E-state index < -0.39 is 0 Å². The van der Waals surface area contributed by atoms with E-state index in [-0.39, 0.29) is 10.6 Å². The molecule has 9 heteroatoms. The fourth-order valence-corrected chi connectivity index (χ4v) is 4.36. The summed E-state index contributed by atoms with van der Waals surface area (Å²) in [4.78, 5) is 25.9. The van der Waals surface area contributed by atoms with Crippen LogP contribution < -0.4 is 4.90 Å². The second-order valence-corrected chi connectivity index (χ2v) is 8.48. The van der Waals surface area contributed by atoms with Crippen LogP contribution in [0.3, 0.4) is 0 Å². The zero-order chi connectivity index (χ0) is 20.9. The summed E-state index contributed by atoms with van der Waals surface area (Å²) in [5.41, 5.74) is 1.07. The molecule has 0 atom stereocenters. The molecule has 1 aliphatic rings. The zero-order valence-electron chi connectivity index (χ0n) is 16.1. The van der Waals surface area contributed by atoms with Crippen molar-refractivity contribution in [1.29, 1.82) is 0 Å². The summed E-state index contributed by atoms with van der Waals surface area (Å²) in [5, 5.41) is 12.3. The van der Waals surface area contributed by atoms with E-state index in [0.29, 0.717) is 16.5 Å². The Bertz CT molecular complexity index is 1010. The highest BCUT2D eigenvalue weighted by Crippen LogP contribution is 2.36. The molecule has 1 aromatic heterocycles. The lowest BCUT2D eigenvalue weighted by molar-refractivity contribution is -0.387. The third-order valence-corrected chi connectivity index (χ3v) is 6.20. The van der Waals surface area contributed by atoms with Gasteiger partial charge in [0.05, 0.1) is 9.82 Å². The lowest BCUT2D eigenvalue weighted by Gasteiger charge is -2.34. The molecule has 1 saturated heterocycles. The minimum atomic E-state index is -0.313. The minimum absolute atomic E-state index is 0.128. The fourth-order valence-electron chi connectivity index (χ4n) is 3.34. The van der Waals surface area contributed by atoms with Gasteiger partial charge in [-0.2, -0.15) is 0 Å². The van der Waals surface area contributed by atoms with E-state index in [4.69, 9.17) is 11.6 Å². The minimum Gasteiger partial charge on any atom is -0.338 e. The third kappa shape index (κ3) is 5.08. The summed E-state index contributed by atoms with van der Waals surface area (Å²) in [7, 11) is 0. The van der Waals surface area contributed by atoms with Crippen molar-refractivity contribution < 1.29 is 4.92 Å². The van der Waals surface area contributed by atoms with Gasteiger partial charge in [-0.05, 0) is 42.0 Å². The number of nitrogens with zero attached hydrogens (tertiary/aromatic N) is 5. The SMILES string of the molecule is O=[N+]([O-])c1cc(CN2CCN(c3ncccn3)CC2)ccc1Sc1ccc(Cl)cc1. The molecule has 2 aromatic carbocycles. The predicted octanol–water partition coefficient (Wildman–Crippen LogP) is 4.51. The lowest BCUT2D eigenvalue weighted by Crippen LogP contribution is -2.46. The molecule has 1 fully saturated rings. The van der Waals surface area contributed by atoms with Crippen molar-refractivity contribution in [3.8, 4) is 0 Å². The second-order valence-electron chi connectivity index (χ2n) is 6.93. The fraction of sp³-hybridized carbons (Fsp3) is 0.238. The molecule has 1 aliphatic heterocycles. The van der Waals surface area contributed by atoms with Crippen molar-refractivity contribution in [2.24, 2.45) is 0 Å². The van der Waals surface area contributed by atoms with Gasteiger partial charge in [-0.3, -0.25) is 15.0 Å². The monoisotopic (exact) mass is 441 g/mol. The van der Waals surface area contributed by atoms with Gasteiger partial charge in [0.2, 0.25) is 5.95 Å². The van der Waals surface area contributed by atoms with Crippen LogP contribution in [0.4, 0.5) is 11.6 Å². The number of benzene rings is 2. The van der Waals surface area contributed by atoms with Crippen LogP contribution in [0.25, 0.3) is 0 Å². The van der Waals surface area contributed by atoms with Crippen molar-refractivity contribution in [3.63, 3.8) is 0 Å². The first-order chi connectivity index (χ1) is 14.6. The van der Waals surface area contributed by atoms with Gasteiger partial charge in [-0.25, -0.2) is 9.97 Å². The van der Waals surface area contributed by atoms with Crippen LogP contribution in [0.2, 0.25) is 5.02 Å². The van der Waals surface area contributed by atoms with Crippen LogP contribution in [0, 0.1) is 10.1 Å². The van der Waals surface area contributed by atoms with Gasteiger partial charge in [-0.1, -0.05) is 29.4 Å². The summed E-state index contributed by atoms with van der Waals surface area (Å²) in [6.45, 7) is 4.05.